The zero-order valence-corrected chi connectivity index (χ0v) is 24.4. The Kier molecular flexibility index (Phi) is 12.6. The average Bonchev–Trinajstić information content (AvgIpc) is 3.35. The summed E-state index contributed by atoms with van der Waals surface area (Å²) < 4.78 is 45.1. The lowest BCUT2D eigenvalue weighted by Gasteiger charge is -2.27. The molecular weight excluding hydrogens is 557 g/mol. The number of halogens is 3. The fourth-order valence-corrected chi connectivity index (χ4v) is 5.41. The number of phenols is 1. The van der Waals surface area contributed by atoms with E-state index >= 15 is 0 Å². The third-order valence-corrected chi connectivity index (χ3v) is 7.91. The number of carbonyl (C=O) groups excluding carboxylic acids is 1. The van der Waals surface area contributed by atoms with Crippen molar-refractivity contribution in [1.29, 1.82) is 0 Å². The van der Waals surface area contributed by atoms with E-state index in [-0.39, 0.29) is 36.2 Å². The number of aromatic hydroxyl groups is 1. The van der Waals surface area contributed by atoms with Crippen LogP contribution < -0.4 is 10.2 Å². The third kappa shape index (κ3) is 10.1. The summed E-state index contributed by atoms with van der Waals surface area (Å²) in [5.41, 5.74) is 1.28. The number of rotatable bonds is 17. The fraction of sp³-hybridized carbons (Fsp3) is 0.517. The highest BCUT2D eigenvalue weighted by atomic mass is 32.1. The molecule has 0 bridgehead atoms. The Balaban J connectivity index is 1.44. The number of benzene rings is 2. The van der Waals surface area contributed by atoms with Crippen molar-refractivity contribution in [3.05, 3.63) is 62.8 Å². The van der Waals surface area contributed by atoms with Gasteiger partial charge in [-0.05, 0) is 55.7 Å². The van der Waals surface area contributed by atoms with Gasteiger partial charge in [-0.1, -0.05) is 49.4 Å². The van der Waals surface area contributed by atoms with E-state index in [0.29, 0.717) is 50.1 Å². The van der Waals surface area contributed by atoms with Gasteiger partial charge >= 0.3 is 11.0 Å². The number of aromatic nitrogens is 1. The van der Waals surface area contributed by atoms with Crippen LogP contribution in [0.25, 0.3) is 10.2 Å². The summed E-state index contributed by atoms with van der Waals surface area (Å²) in [5, 5.41) is 13.3. The van der Waals surface area contributed by atoms with Gasteiger partial charge in [0.15, 0.2) is 0 Å². The minimum Gasteiger partial charge on any atom is -0.506 e. The average molecular weight is 597 g/mol. The number of nitrogens with zero attached hydrogens (tertiary/aromatic N) is 2. The number of ether oxygens (including phenoxy) is 1. The first kappa shape index (κ1) is 32.6. The molecule has 0 spiro atoms. The quantitative estimate of drug-likeness (QED) is 0.202. The van der Waals surface area contributed by atoms with E-state index in [1.807, 2.05) is 11.0 Å². The van der Waals surface area contributed by atoms with E-state index in [2.05, 4.69) is 29.0 Å². The van der Waals surface area contributed by atoms with E-state index < -0.39 is 11.7 Å². The molecule has 0 aliphatic carbocycles. The molecule has 3 rings (SSSR count). The second-order valence-corrected chi connectivity index (χ2v) is 10.7. The number of nitrogens with one attached hydrogen (secondary N) is 2. The zero-order valence-electron chi connectivity index (χ0n) is 23.6. The molecule has 226 valence electrons. The van der Waals surface area contributed by atoms with Gasteiger partial charge in [0.25, 0.3) is 0 Å². The molecule has 3 aromatic rings. The summed E-state index contributed by atoms with van der Waals surface area (Å²) in [6, 6.07) is 8.59. The van der Waals surface area contributed by atoms with Gasteiger partial charge in [-0.2, -0.15) is 13.2 Å². The Morgan fingerprint density at radius 2 is 1.83 bits per heavy atom. The number of likely N-dealkylation sites (N-methyl/N-ethyl adjacent to an activating group) is 1. The Labute approximate surface area is 242 Å². The van der Waals surface area contributed by atoms with Gasteiger partial charge < -0.3 is 29.9 Å². The maximum Gasteiger partial charge on any atom is 0.416 e. The van der Waals surface area contributed by atoms with Gasteiger partial charge in [-0.25, -0.2) is 0 Å². The molecule has 0 saturated heterocycles. The zero-order chi connectivity index (χ0) is 29.8. The number of aromatic amines is 1. The SMILES string of the molecule is CCN(CC)CCN(CCNCCc1ccc(O)c2[nH]c(=O)sc12)C(=O)CCOCCc1cccc(C(F)(F)F)c1. The lowest BCUT2D eigenvalue weighted by atomic mass is 10.1. The topological polar surface area (TPSA) is 97.9 Å². The number of thiazole rings is 1. The number of phenolic OH excluding ortho intramolecular Hbond substituents is 1. The summed E-state index contributed by atoms with van der Waals surface area (Å²) >= 11 is 1.08. The van der Waals surface area contributed by atoms with E-state index in [0.717, 1.165) is 53.4 Å². The van der Waals surface area contributed by atoms with Gasteiger partial charge in [0.05, 0.1) is 29.9 Å². The van der Waals surface area contributed by atoms with Crippen LogP contribution in [-0.4, -0.2) is 84.8 Å². The van der Waals surface area contributed by atoms with Crippen LogP contribution in [0.1, 0.15) is 37.0 Å². The molecule has 0 aliphatic heterocycles. The highest BCUT2D eigenvalue weighted by Crippen LogP contribution is 2.30. The monoisotopic (exact) mass is 596 g/mol. The van der Waals surface area contributed by atoms with Crippen LogP contribution in [0.15, 0.2) is 41.2 Å². The minimum absolute atomic E-state index is 0.0321. The molecule has 12 heteroatoms. The van der Waals surface area contributed by atoms with Gasteiger partial charge in [0.1, 0.15) is 11.3 Å². The standard InChI is InChI=1S/C29H39F3N4O4S/c1-3-35(4-2)16-17-36(15-14-33-13-10-22-8-9-24(37)26-27(22)41-28(39)34-26)25(38)12-19-40-18-11-21-6-5-7-23(20-21)29(30,31)32/h5-9,20,33,37H,3-4,10-19H2,1-2H3,(H,34,39). The number of fused-ring (bicyclic) bond motifs is 1. The predicted octanol–water partition coefficient (Wildman–Crippen LogP) is 4.27. The summed E-state index contributed by atoms with van der Waals surface area (Å²) in [7, 11) is 0. The predicted molar refractivity (Wildman–Crippen MR) is 156 cm³/mol. The van der Waals surface area contributed by atoms with Gasteiger partial charge in [0, 0.05) is 26.2 Å². The normalized spacial score (nSPS) is 12.0. The second kappa shape index (κ2) is 15.9. The Hall–Kier alpha value is -2.93. The molecule has 0 saturated carbocycles. The van der Waals surface area contributed by atoms with Gasteiger partial charge in [0.2, 0.25) is 5.91 Å². The second-order valence-electron chi connectivity index (χ2n) is 9.68. The maximum atomic E-state index is 13.0. The van der Waals surface area contributed by atoms with E-state index in [4.69, 9.17) is 4.74 Å². The van der Waals surface area contributed by atoms with Crippen LogP contribution >= 0.6 is 11.3 Å². The minimum atomic E-state index is -4.38. The maximum absolute atomic E-state index is 13.0. The Morgan fingerprint density at radius 1 is 1.05 bits per heavy atom. The van der Waals surface area contributed by atoms with Crippen LogP contribution in [-0.2, 0) is 28.5 Å². The summed E-state index contributed by atoms with van der Waals surface area (Å²) in [6.07, 6.45) is -3.19. The third-order valence-electron chi connectivity index (χ3n) is 6.95. The molecule has 3 N–H and O–H groups in total. The van der Waals surface area contributed by atoms with Crippen molar-refractivity contribution in [2.75, 3.05) is 59.0 Å². The number of H-pyrrole nitrogens is 1. The highest BCUT2D eigenvalue weighted by molar-refractivity contribution is 7.16. The van der Waals surface area contributed by atoms with Crippen LogP contribution in [0.3, 0.4) is 0 Å². The molecule has 0 aliphatic rings. The van der Waals surface area contributed by atoms with E-state index in [1.165, 1.54) is 6.07 Å². The fourth-order valence-electron chi connectivity index (χ4n) is 4.51. The van der Waals surface area contributed by atoms with Crippen LogP contribution in [0.4, 0.5) is 13.2 Å². The van der Waals surface area contributed by atoms with Crippen LogP contribution in [0.5, 0.6) is 5.75 Å². The number of hydrogen-bond acceptors (Lipinski definition) is 7. The molecular formula is C29H39F3N4O4S. The van der Waals surface area contributed by atoms with Crippen molar-refractivity contribution in [3.8, 4) is 5.75 Å². The first-order valence-electron chi connectivity index (χ1n) is 13.9. The Bertz CT molecular complexity index is 1310. The van der Waals surface area contributed by atoms with Crippen LogP contribution in [0.2, 0.25) is 0 Å². The van der Waals surface area contributed by atoms with Crippen LogP contribution in [0, 0.1) is 0 Å². The van der Waals surface area contributed by atoms with Crippen molar-refractivity contribution >= 4 is 27.5 Å². The summed E-state index contributed by atoms with van der Waals surface area (Å²) in [5.74, 6) is 0.0208. The Morgan fingerprint density at radius 3 is 2.56 bits per heavy atom. The molecule has 8 nitrogen and oxygen atoms in total. The lowest BCUT2D eigenvalue weighted by molar-refractivity contribution is -0.137. The molecule has 1 heterocycles. The molecule has 0 radical (unpaired) electrons. The molecule has 0 fully saturated rings. The first-order chi connectivity index (χ1) is 19.6. The molecule has 41 heavy (non-hydrogen) atoms. The summed E-state index contributed by atoms with van der Waals surface area (Å²) in [4.78, 5) is 31.3. The number of carbonyl (C=O) groups is 1. The lowest BCUT2D eigenvalue weighted by Crippen LogP contribution is -2.42. The number of alkyl halides is 3. The van der Waals surface area contributed by atoms with Crippen molar-refractivity contribution in [2.45, 2.75) is 39.3 Å². The highest BCUT2D eigenvalue weighted by Gasteiger charge is 2.30. The van der Waals surface area contributed by atoms with E-state index in [9.17, 15) is 27.9 Å². The van der Waals surface area contributed by atoms with Gasteiger partial charge in [-0.3, -0.25) is 9.59 Å². The molecule has 0 atom stereocenters. The van der Waals surface area contributed by atoms with E-state index in [1.54, 1.807) is 12.1 Å². The first-order valence-corrected chi connectivity index (χ1v) is 14.7. The van der Waals surface area contributed by atoms with Crippen molar-refractivity contribution < 1.29 is 27.8 Å². The van der Waals surface area contributed by atoms with Crippen molar-refractivity contribution in [2.24, 2.45) is 0 Å². The number of amides is 1. The molecule has 0 unspecified atom stereocenters. The van der Waals surface area contributed by atoms with Crippen molar-refractivity contribution in [3.63, 3.8) is 0 Å². The van der Waals surface area contributed by atoms with Crippen molar-refractivity contribution in [1.82, 2.24) is 20.1 Å². The largest absolute Gasteiger partial charge is 0.506 e. The molecule has 1 aromatic heterocycles. The number of hydrogen-bond donors (Lipinski definition) is 3. The molecule has 1 amide bonds. The van der Waals surface area contributed by atoms with Gasteiger partial charge in [-0.15, -0.1) is 0 Å². The molecule has 2 aromatic carbocycles. The smallest absolute Gasteiger partial charge is 0.416 e. The summed E-state index contributed by atoms with van der Waals surface area (Å²) in [6.45, 7) is 9.46.